The molecule has 1 aromatic heterocycles. The monoisotopic (exact) mass is 387 g/mol. The highest BCUT2D eigenvalue weighted by molar-refractivity contribution is 7.99. The van der Waals surface area contributed by atoms with E-state index < -0.39 is 11.9 Å². The Morgan fingerprint density at radius 3 is 2.12 bits per heavy atom. The maximum absolute atomic E-state index is 11.5. The summed E-state index contributed by atoms with van der Waals surface area (Å²) in [5.74, 6) is -0.762. The van der Waals surface area contributed by atoms with Crippen LogP contribution in [0.4, 0.5) is 10.5 Å². The first-order valence-corrected chi connectivity index (χ1v) is 8.61. The Labute approximate surface area is 158 Å². The largest absolute Gasteiger partial charge is 0.364 e. The minimum atomic E-state index is -0.804. The molecule has 7 nitrogen and oxygen atoms in total. The molecule has 0 unspecified atom stereocenters. The van der Waals surface area contributed by atoms with Crippen LogP contribution >= 0.6 is 23.4 Å². The van der Waals surface area contributed by atoms with Crippen molar-refractivity contribution in [1.82, 2.24) is 9.78 Å². The Morgan fingerprint density at radius 2 is 1.58 bits per heavy atom. The second-order valence-corrected chi connectivity index (χ2v) is 6.82. The molecule has 1 heterocycles. The standard InChI is InChI=1S/C17H14ClN5O2S/c18-10-1-5-12(6-2-10)26-13-7-3-11(4-8-13)23-9-14(21-17(20)25)15(22-23)16(19)24/h1-9H,(H2,19,24)(H3,20,21,25). The summed E-state index contributed by atoms with van der Waals surface area (Å²) in [6.07, 6.45) is 1.48. The van der Waals surface area contributed by atoms with Crippen LogP contribution in [0.1, 0.15) is 10.5 Å². The summed E-state index contributed by atoms with van der Waals surface area (Å²) >= 11 is 7.47. The van der Waals surface area contributed by atoms with Crippen LogP contribution in [0.2, 0.25) is 5.02 Å². The van der Waals surface area contributed by atoms with Gasteiger partial charge >= 0.3 is 6.03 Å². The van der Waals surface area contributed by atoms with E-state index in [2.05, 4.69) is 10.4 Å². The maximum atomic E-state index is 11.5. The Balaban J connectivity index is 1.83. The lowest BCUT2D eigenvalue weighted by molar-refractivity contribution is 0.0996. The van der Waals surface area contributed by atoms with Gasteiger partial charge in [0.05, 0.1) is 17.6 Å². The van der Waals surface area contributed by atoms with Crippen molar-refractivity contribution in [1.29, 1.82) is 0 Å². The molecule has 3 amide bonds. The molecule has 0 aliphatic heterocycles. The number of aromatic nitrogens is 2. The molecule has 0 radical (unpaired) electrons. The lowest BCUT2D eigenvalue weighted by Crippen LogP contribution is -2.22. The van der Waals surface area contributed by atoms with Crippen molar-refractivity contribution in [3.63, 3.8) is 0 Å². The number of rotatable bonds is 5. The van der Waals surface area contributed by atoms with Gasteiger partial charge in [-0.1, -0.05) is 23.4 Å². The van der Waals surface area contributed by atoms with Crippen molar-refractivity contribution in [2.45, 2.75) is 9.79 Å². The molecule has 3 aromatic rings. The summed E-state index contributed by atoms with van der Waals surface area (Å²) in [7, 11) is 0. The molecular formula is C17H14ClN5O2S. The number of amides is 3. The number of hydrogen-bond donors (Lipinski definition) is 3. The van der Waals surface area contributed by atoms with Gasteiger partial charge in [-0.25, -0.2) is 9.48 Å². The number of primary amides is 2. The van der Waals surface area contributed by atoms with E-state index in [1.54, 1.807) is 11.8 Å². The van der Waals surface area contributed by atoms with Crippen molar-refractivity contribution in [2.24, 2.45) is 11.5 Å². The van der Waals surface area contributed by atoms with Crippen LogP contribution in [0.25, 0.3) is 5.69 Å². The van der Waals surface area contributed by atoms with Gasteiger partial charge in [-0.3, -0.25) is 4.79 Å². The molecule has 0 aliphatic rings. The molecule has 0 saturated carbocycles. The van der Waals surface area contributed by atoms with Crippen molar-refractivity contribution in [3.8, 4) is 5.69 Å². The lowest BCUT2D eigenvalue weighted by Gasteiger charge is -2.04. The third-order valence-corrected chi connectivity index (χ3v) is 4.62. The van der Waals surface area contributed by atoms with Gasteiger partial charge in [0, 0.05) is 14.8 Å². The molecule has 3 rings (SSSR count). The average Bonchev–Trinajstić information content (AvgIpc) is 3.01. The number of carbonyl (C=O) groups excluding carboxylic acids is 2. The van der Waals surface area contributed by atoms with E-state index >= 15 is 0 Å². The molecule has 0 saturated heterocycles. The maximum Gasteiger partial charge on any atom is 0.316 e. The molecule has 0 fully saturated rings. The van der Waals surface area contributed by atoms with Gasteiger partial charge < -0.3 is 16.8 Å². The van der Waals surface area contributed by atoms with Crippen LogP contribution < -0.4 is 16.8 Å². The van der Waals surface area contributed by atoms with Gasteiger partial charge in [0.15, 0.2) is 5.69 Å². The van der Waals surface area contributed by atoms with Crippen molar-refractivity contribution in [3.05, 3.63) is 65.4 Å². The van der Waals surface area contributed by atoms with Gasteiger partial charge in [0.1, 0.15) is 0 Å². The first-order chi connectivity index (χ1) is 12.4. The van der Waals surface area contributed by atoms with Gasteiger partial charge in [0.2, 0.25) is 0 Å². The minimum absolute atomic E-state index is 0.0663. The number of nitrogens with zero attached hydrogens (tertiary/aromatic N) is 2. The van der Waals surface area contributed by atoms with Crippen LogP contribution in [0.3, 0.4) is 0 Å². The van der Waals surface area contributed by atoms with Crippen molar-refractivity contribution in [2.75, 3.05) is 5.32 Å². The fraction of sp³-hybridized carbons (Fsp3) is 0. The zero-order chi connectivity index (χ0) is 18.7. The summed E-state index contributed by atoms with van der Waals surface area (Å²) < 4.78 is 1.45. The van der Waals surface area contributed by atoms with E-state index in [0.717, 1.165) is 9.79 Å². The van der Waals surface area contributed by atoms with Crippen LogP contribution in [0.15, 0.2) is 64.5 Å². The van der Waals surface area contributed by atoms with E-state index in [1.165, 1.54) is 10.9 Å². The number of benzene rings is 2. The number of carbonyl (C=O) groups is 2. The molecule has 0 atom stereocenters. The first-order valence-electron chi connectivity index (χ1n) is 7.42. The molecule has 9 heteroatoms. The number of urea groups is 1. The first kappa shape index (κ1) is 17.8. The van der Waals surface area contributed by atoms with Gasteiger partial charge in [-0.05, 0) is 48.5 Å². The number of halogens is 1. The highest BCUT2D eigenvalue weighted by Gasteiger charge is 2.16. The molecule has 0 bridgehead atoms. The predicted octanol–water partition coefficient (Wildman–Crippen LogP) is 3.27. The van der Waals surface area contributed by atoms with E-state index in [0.29, 0.717) is 10.7 Å². The molecule has 5 N–H and O–H groups in total. The van der Waals surface area contributed by atoms with Crippen molar-refractivity contribution >= 4 is 41.0 Å². The zero-order valence-electron chi connectivity index (χ0n) is 13.3. The minimum Gasteiger partial charge on any atom is -0.364 e. The molecular weight excluding hydrogens is 374 g/mol. The fourth-order valence-electron chi connectivity index (χ4n) is 2.22. The SMILES string of the molecule is NC(=O)Nc1cn(-c2ccc(Sc3ccc(Cl)cc3)cc2)nc1C(N)=O. The summed E-state index contributed by atoms with van der Waals surface area (Å²) in [5.41, 5.74) is 11.2. The number of hydrogen-bond acceptors (Lipinski definition) is 4. The zero-order valence-corrected chi connectivity index (χ0v) is 14.9. The second-order valence-electron chi connectivity index (χ2n) is 5.24. The Bertz CT molecular complexity index is 954. The van der Waals surface area contributed by atoms with Gasteiger partial charge in [-0.2, -0.15) is 5.10 Å². The third kappa shape index (κ3) is 4.16. The van der Waals surface area contributed by atoms with E-state index in [1.807, 2.05) is 48.5 Å². The Hall–Kier alpha value is -2.97. The summed E-state index contributed by atoms with van der Waals surface area (Å²) in [5, 5.41) is 7.13. The van der Waals surface area contributed by atoms with Gasteiger partial charge in [0.25, 0.3) is 5.91 Å². The van der Waals surface area contributed by atoms with E-state index in [-0.39, 0.29) is 11.4 Å². The van der Waals surface area contributed by atoms with E-state index in [9.17, 15) is 9.59 Å². The molecule has 132 valence electrons. The lowest BCUT2D eigenvalue weighted by atomic mass is 10.3. The average molecular weight is 388 g/mol. The quantitative estimate of drug-likeness (QED) is 0.622. The smallest absolute Gasteiger partial charge is 0.316 e. The topological polar surface area (TPSA) is 116 Å². The summed E-state index contributed by atoms with van der Waals surface area (Å²) in [4.78, 5) is 24.6. The highest BCUT2D eigenvalue weighted by Crippen LogP contribution is 2.29. The number of anilines is 1. The van der Waals surface area contributed by atoms with Crippen LogP contribution in [0.5, 0.6) is 0 Å². The number of nitrogens with one attached hydrogen (secondary N) is 1. The highest BCUT2D eigenvalue weighted by atomic mass is 35.5. The van der Waals surface area contributed by atoms with Crippen LogP contribution in [0, 0.1) is 0 Å². The Kier molecular flexibility index (Phi) is 5.15. The molecule has 2 aromatic carbocycles. The van der Waals surface area contributed by atoms with Crippen molar-refractivity contribution < 1.29 is 9.59 Å². The van der Waals surface area contributed by atoms with Crippen LogP contribution in [-0.2, 0) is 0 Å². The van der Waals surface area contributed by atoms with Crippen LogP contribution in [-0.4, -0.2) is 21.7 Å². The molecule has 26 heavy (non-hydrogen) atoms. The third-order valence-electron chi connectivity index (χ3n) is 3.36. The predicted molar refractivity (Wildman–Crippen MR) is 101 cm³/mol. The summed E-state index contributed by atoms with van der Waals surface area (Å²) in [6, 6.07) is 14.3. The van der Waals surface area contributed by atoms with Gasteiger partial charge in [-0.15, -0.1) is 0 Å². The Morgan fingerprint density at radius 1 is 1.00 bits per heavy atom. The second kappa shape index (κ2) is 7.51. The molecule has 0 spiro atoms. The van der Waals surface area contributed by atoms with E-state index in [4.69, 9.17) is 23.1 Å². The summed E-state index contributed by atoms with van der Waals surface area (Å²) in [6.45, 7) is 0. The number of nitrogens with two attached hydrogens (primary N) is 2. The fourth-order valence-corrected chi connectivity index (χ4v) is 3.16. The normalized spacial score (nSPS) is 10.5. The molecule has 0 aliphatic carbocycles.